The van der Waals surface area contributed by atoms with E-state index in [-0.39, 0.29) is 6.04 Å². The molecule has 3 aromatic rings. The number of aryl methyl sites for hydroxylation is 1. The number of rotatable bonds is 5. The van der Waals surface area contributed by atoms with E-state index in [4.69, 9.17) is 9.47 Å². The van der Waals surface area contributed by atoms with Gasteiger partial charge in [-0.25, -0.2) is 4.68 Å². The number of aromatic nitrogens is 3. The minimum Gasteiger partial charge on any atom is -0.497 e. The first kappa shape index (κ1) is 17.1. The summed E-state index contributed by atoms with van der Waals surface area (Å²) in [7, 11) is 3.33. The van der Waals surface area contributed by atoms with Gasteiger partial charge in [0.25, 0.3) is 0 Å². The summed E-state index contributed by atoms with van der Waals surface area (Å²) in [6.45, 7) is 2.15. The first-order chi connectivity index (χ1) is 13.2. The number of methoxy groups -OCH3 is 2. The number of nitrogens with one attached hydrogen (secondary N) is 1. The number of benzene rings is 2. The van der Waals surface area contributed by atoms with E-state index >= 15 is 0 Å². The van der Waals surface area contributed by atoms with Gasteiger partial charge in [0.15, 0.2) is 0 Å². The third-order valence-electron chi connectivity index (χ3n) is 4.84. The maximum absolute atomic E-state index is 5.59. The SMILES string of the molecule is CCc1ccc(C2=C[C@H](c3cc(OC)ccc3OC)n3ncnc3N2)cc1. The highest BCUT2D eigenvalue weighted by molar-refractivity contribution is 5.77. The lowest BCUT2D eigenvalue weighted by molar-refractivity contribution is 0.394. The predicted octanol–water partition coefficient (Wildman–Crippen LogP) is 3.91. The smallest absolute Gasteiger partial charge is 0.226 e. The lowest BCUT2D eigenvalue weighted by Crippen LogP contribution is -2.20. The Morgan fingerprint density at radius 1 is 1.07 bits per heavy atom. The quantitative estimate of drug-likeness (QED) is 0.745. The van der Waals surface area contributed by atoms with Gasteiger partial charge in [-0.1, -0.05) is 31.2 Å². The monoisotopic (exact) mass is 362 g/mol. The zero-order valence-electron chi connectivity index (χ0n) is 15.6. The second-order valence-corrected chi connectivity index (χ2v) is 6.34. The molecule has 0 bridgehead atoms. The molecule has 0 unspecified atom stereocenters. The van der Waals surface area contributed by atoms with Gasteiger partial charge in [-0.2, -0.15) is 10.1 Å². The maximum atomic E-state index is 5.59. The second-order valence-electron chi connectivity index (χ2n) is 6.34. The molecule has 0 aliphatic carbocycles. The van der Waals surface area contributed by atoms with Gasteiger partial charge < -0.3 is 14.8 Å². The van der Waals surface area contributed by atoms with E-state index in [0.29, 0.717) is 5.95 Å². The first-order valence-electron chi connectivity index (χ1n) is 8.93. The van der Waals surface area contributed by atoms with Crippen LogP contribution in [0.15, 0.2) is 54.9 Å². The third kappa shape index (κ3) is 3.14. The van der Waals surface area contributed by atoms with Gasteiger partial charge >= 0.3 is 0 Å². The van der Waals surface area contributed by atoms with Crippen molar-refractivity contribution in [3.8, 4) is 11.5 Å². The highest BCUT2D eigenvalue weighted by atomic mass is 16.5. The number of anilines is 1. The van der Waals surface area contributed by atoms with Crippen molar-refractivity contribution in [3.63, 3.8) is 0 Å². The summed E-state index contributed by atoms with van der Waals surface area (Å²) in [4.78, 5) is 4.37. The van der Waals surface area contributed by atoms with Crippen molar-refractivity contribution >= 4 is 11.6 Å². The molecule has 0 spiro atoms. The van der Waals surface area contributed by atoms with Crippen molar-refractivity contribution in [1.29, 1.82) is 0 Å². The summed E-state index contributed by atoms with van der Waals surface area (Å²) in [6, 6.07) is 14.2. The fourth-order valence-corrected chi connectivity index (χ4v) is 3.31. The van der Waals surface area contributed by atoms with E-state index in [0.717, 1.165) is 34.7 Å². The molecule has 0 saturated carbocycles. The number of ether oxygens (including phenoxy) is 2. The summed E-state index contributed by atoms with van der Waals surface area (Å²) in [5.74, 6) is 2.25. The topological polar surface area (TPSA) is 61.2 Å². The Labute approximate surface area is 158 Å². The van der Waals surface area contributed by atoms with Crippen LogP contribution in [0.3, 0.4) is 0 Å². The summed E-state index contributed by atoms with van der Waals surface area (Å²) in [6.07, 6.45) is 4.71. The van der Waals surface area contributed by atoms with E-state index in [2.05, 4.69) is 52.7 Å². The van der Waals surface area contributed by atoms with Crippen LogP contribution < -0.4 is 14.8 Å². The van der Waals surface area contributed by atoms with Gasteiger partial charge in [-0.15, -0.1) is 0 Å². The predicted molar refractivity (Wildman–Crippen MR) is 105 cm³/mol. The Kier molecular flexibility index (Phi) is 4.54. The molecule has 0 radical (unpaired) electrons. The van der Waals surface area contributed by atoms with Crippen LogP contribution in [0.5, 0.6) is 11.5 Å². The Morgan fingerprint density at radius 3 is 2.59 bits per heavy atom. The molecule has 2 aromatic carbocycles. The Hall–Kier alpha value is -3.28. The fourth-order valence-electron chi connectivity index (χ4n) is 3.31. The van der Waals surface area contributed by atoms with Crippen LogP contribution in [0.2, 0.25) is 0 Å². The number of allylic oxidation sites excluding steroid dienone is 1. The number of nitrogens with zero attached hydrogens (tertiary/aromatic N) is 3. The highest BCUT2D eigenvalue weighted by Gasteiger charge is 2.26. The largest absolute Gasteiger partial charge is 0.497 e. The minimum atomic E-state index is -0.158. The minimum absolute atomic E-state index is 0.158. The van der Waals surface area contributed by atoms with Crippen LogP contribution in [0.4, 0.5) is 5.95 Å². The number of hydrogen-bond acceptors (Lipinski definition) is 5. The Morgan fingerprint density at radius 2 is 1.89 bits per heavy atom. The van der Waals surface area contributed by atoms with Crippen molar-refractivity contribution in [2.24, 2.45) is 0 Å². The Bertz CT molecular complexity index is 976. The molecule has 138 valence electrons. The van der Waals surface area contributed by atoms with Gasteiger partial charge in [0.2, 0.25) is 5.95 Å². The fraction of sp³-hybridized carbons (Fsp3) is 0.238. The molecule has 6 heteroatoms. The molecule has 1 N–H and O–H groups in total. The molecule has 27 heavy (non-hydrogen) atoms. The summed E-state index contributed by atoms with van der Waals surface area (Å²) in [5.41, 5.74) is 4.37. The molecule has 0 fully saturated rings. The van der Waals surface area contributed by atoms with Crippen molar-refractivity contribution < 1.29 is 9.47 Å². The van der Waals surface area contributed by atoms with Crippen LogP contribution in [0.1, 0.15) is 29.7 Å². The Balaban J connectivity index is 1.82. The van der Waals surface area contributed by atoms with Gasteiger partial charge in [0.05, 0.1) is 14.2 Å². The van der Waals surface area contributed by atoms with E-state index in [1.807, 2.05) is 22.9 Å². The molecular formula is C21H22N4O2. The van der Waals surface area contributed by atoms with Crippen molar-refractivity contribution in [2.45, 2.75) is 19.4 Å². The molecule has 1 atom stereocenters. The zero-order chi connectivity index (χ0) is 18.8. The maximum Gasteiger partial charge on any atom is 0.226 e. The van der Waals surface area contributed by atoms with Gasteiger partial charge in [0.1, 0.15) is 23.9 Å². The molecule has 2 heterocycles. The molecule has 1 aromatic heterocycles. The normalized spacial score (nSPS) is 15.5. The van der Waals surface area contributed by atoms with E-state index in [1.54, 1.807) is 20.5 Å². The second kappa shape index (κ2) is 7.15. The molecular weight excluding hydrogens is 340 g/mol. The molecule has 1 aliphatic heterocycles. The molecule has 1 aliphatic rings. The lowest BCUT2D eigenvalue weighted by atomic mass is 10.00. The van der Waals surface area contributed by atoms with Crippen LogP contribution >= 0.6 is 0 Å². The average molecular weight is 362 g/mol. The van der Waals surface area contributed by atoms with Crippen LogP contribution in [0.25, 0.3) is 5.70 Å². The van der Waals surface area contributed by atoms with E-state index < -0.39 is 0 Å². The van der Waals surface area contributed by atoms with E-state index in [1.165, 1.54) is 5.56 Å². The number of fused-ring (bicyclic) bond motifs is 1. The number of hydrogen-bond donors (Lipinski definition) is 1. The average Bonchev–Trinajstić information content (AvgIpc) is 3.21. The first-order valence-corrected chi connectivity index (χ1v) is 8.93. The zero-order valence-corrected chi connectivity index (χ0v) is 15.6. The summed E-state index contributed by atoms with van der Waals surface area (Å²) in [5, 5.41) is 7.78. The third-order valence-corrected chi connectivity index (χ3v) is 4.84. The van der Waals surface area contributed by atoms with Gasteiger partial charge in [-0.05, 0) is 41.8 Å². The molecule has 4 rings (SSSR count). The van der Waals surface area contributed by atoms with Crippen molar-refractivity contribution in [1.82, 2.24) is 14.8 Å². The van der Waals surface area contributed by atoms with E-state index in [9.17, 15) is 0 Å². The van der Waals surface area contributed by atoms with Crippen LogP contribution in [-0.2, 0) is 6.42 Å². The summed E-state index contributed by atoms with van der Waals surface area (Å²) < 4.78 is 12.9. The molecule has 0 saturated heterocycles. The van der Waals surface area contributed by atoms with Crippen molar-refractivity contribution in [2.75, 3.05) is 19.5 Å². The summed E-state index contributed by atoms with van der Waals surface area (Å²) >= 11 is 0. The lowest BCUT2D eigenvalue weighted by Gasteiger charge is -2.26. The molecule has 6 nitrogen and oxygen atoms in total. The van der Waals surface area contributed by atoms with Crippen LogP contribution in [0, 0.1) is 0 Å². The van der Waals surface area contributed by atoms with Gasteiger partial charge in [-0.3, -0.25) is 0 Å². The van der Waals surface area contributed by atoms with Crippen LogP contribution in [-0.4, -0.2) is 29.0 Å². The molecule has 0 amide bonds. The van der Waals surface area contributed by atoms with Crippen molar-refractivity contribution in [3.05, 3.63) is 71.6 Å². The highest BCUT2D eigenvalue weighted by Crippen LogP contribution is 2.37. The van der Waals surface area contributed by atoms with Gasteiger partial charge in [0, 0.05) is 11.3 Å². The standard InChI is InChI=1S/C21H22N4O2/c1-4-14-5-7-15(8-6-14)18-12-19(25-21(24-18)22-13-23-25)17-11-16(26-2)9-10-20(17)27-3/h5-13,19H,4H2,1-3H3,(H,22,23,24)/t19-/m1/s1.